The lowest BCUT2D eigenvalue weighted by Gasteiger charge is -2.08. The van der Waals surface area contributed by atoms with Gasteiger partial charge in [-0.05, 0) is 29.6 Å². The highest BCUT2D eigenvalue weighted by Gasteiger charge is 2.09. The maximum absolute atomic E-state index is 13.3. The molecule has 0 radical (unpaired) electrons. The number of halogens is 1. The Labute approximate surface area is 141 Å². The van der Waals surface area contributed by atoms with Crippen molar-refractivity contribution in [3.63, 3.8) is 0 Å². The van der Waals surface area contributed by atoms with Crippen LogP contribution in [0.3, 0.4) is 0 Å². The number of nitrogens with one attached hydrogen (secondary N) is 1. The van der Waals surface area contributed by atoms with Crippen molar-refractivity contribution in [1.29, 1.82) is 0 Å². The number of hydrogen-bond donors (Lipinski definition) is 1. The predicted octanol–water partition coefficient (Wildman–Crippen LogP) is 3.48. The zero-order valence-electron chi connectivity index (χ0n) is 12.1. The van der Waals surface area contributed by atoms with Crippen LogP contribution < -0.4 is 5.32 Å². The minimum absolute atomic E-state index is 0.0582. The summed E-state index contributed by atoms with van der Waals surface area (Å²) in [6, 6.07) is 10.2. The van der Waals surface area contributed by atoms with E-state index in [0.717, 1.165) is 4.88 Å². The number of imidazole rings is 1. The molecular weight excluding hydrogens is 333 g/mol. The third kappa shape index (κ3) is 4.20. The maximum Gasteiger partial charge on any atom is 0.230 e. The molecule has 7 heteroatoms. The molecule has 1 N–H and O–H groups in total. The third-order valence-electron chi connectivity index (χ3n) is 3.07. The Morgan fingerprint density at radius 3 is 3.04 bits per heavy atom. The van der Waals surface area contributed by atoms with Crippen molar-refractivity contribution in [2.75, 3.05) is 5.75 Å². The molecule has 118 valence electrons. The molecule has 3 rings (SSSR count). The highest BCUT2D eigenvalue weighted by atomic mass is 32.2. The number of carbonyl (C=O) groups is 1. The van der Waals surface area contributed by atoms with Crippen LogP contribution >= 0.6 is 23.1 Å². The number of benzene rings is 1. The zero-order valence-corrected chi connectivity index (χ0v) is 13.7. The van der Waals surface area contributed by atoms with Crippen LogP contribution in [0.5, 0.6) is 0 Å². The molecule has 3 aromatic rings. The van der Waals surface area contributed by atoms with Gasteiger partial charge >= 0.3 is 0 Å². The van der Waals surface area contributed by atoms with Crippen LogP contribution in [0.2, 0.25) is 0 Å². The van der Waals surface area contributed by atoms with Gasteiger partial charge in [0.15, 0.2) is 5.16 Å². The van der Waals surface area contributed by atoms with Gasteiger partial charge in [0.2, 0.25) is 5.91 Å². The number of amides is 1. The molecule has 0 aliphatic rings. The van der Waals surface area contributed by atoms with Gasteiger partial charge in [-0.3, -0.25) is 9.36 Å². The van der Waals surface area contributed by atoms with Crippen molar-refractivity contribution in [3.05, 3.63) is 64.9 Å². The van der Waals surface area contributed by atoms with Crippen LogP contribution in [0, 0.1) is 5.82 Å². The van der Waals surface area contributed by atoms with Gasteiger partial charge in [0, 0.05) is 17.3 Å². The maximum atomic E-state index is 13.3. The molecule has 4 nitrogen and oxygen atoms in total. The van der Waals surface area contributed by atoms with Gasteiger partial charge in [0.25, 0.3) is 0 Å². The summed E-state index contributed by atoms with van der Waals surface area (Å²) >= 11 is 2.93. The first-order chi connectivity index (χ1) is 11.2. The van der Waals surface area contributed by atoms with Crippen LogP contribution in [-0.2, 0) is 11.3 Å². The molecule has 0 aliphatic carbocycles. The molecule has 2 heterocycles. The van der Waals surface area contributed by atoms with Crippen molar-refractivity contribution in [2.24, 2.45) is 0 Å². The highest BCUT2D eigenvalue weighted by Crippen LogP contribution is 2.20. The van der Waals surface area contributed by atoms with Crippen LogP contribution in [0.1, 0.15) is 4.88 Å². The first-order valence-corrected chi connectivity index (χ1v) is 8.80. The zero-order chi connectivity index (χ0) is 16.1. The summed E-state index contributed by atoms with van der Waals surface area (Å²) < 4.78 is 15.1. The van der Waals surface area contributed by atoms with Gasteiger partial charge in [0.05, 0.1) is 18.0 Å². The van der Waals surface area contributed by atoms with Crippen molar-refractivity contribution in [3.8, 4) is 5.69 Å². The Morgan fingerprint density at radius 2 is 2.26 bits per heavy atom. The molecule has 2 aromatic heterocycles. The van der Waals surface area contributed by atoms with Crippen molar-refractivity contribution in [2.45, 2.75) is 11.7 Å². The van der Waals surface area contributed by atoms with E-state index in [4.69, 9.17) is 0 Å². The van der Waals surface area contributed by atoms with E-state index in [1.165, 1.54) is 23.9 Å². The molecule has 0 fully saturated rings. The molecule has 0 aliphatic heterocycles. The predicted molar refractivity (Wildman–Crippen MR) is 90.4 cm³/mol. The standard InChI is InChI=1S/C16H14FN3OS2/c17-12-3-1-4-13(9-12)20-7-6-18-16(20)23-11-15(21)19-10-14-5-2-8-22-14/h1-9H,10-11H2,(H,19,21). The fourth-order valence-electron chi connectivity index (χ4n) is 2.00. The average molecular weight is 347 g/mol. The minimum Gasteiger partial charge on any atom is -0.350 e. The van der Waals surface area contributed by atoms with E-state index in [0.29, 0.717) is 17.4 Å². The Kier molecular flexibility index (Phi) is 5.09. The lowest BCUT2D eigenvalue weighted by Crippen LogP contribution is -2.24. The molecule has 0 saturated heterocycles. The summed E-state index contributed by atoms with van der Waals surface area (Å²) in [5, 5.41) is 5.50. The quantitative estimate of drug-likeness (QED) is 0.695. The van der Waals surface area contributed by atoms with E-state index < -0.39 is 0 Å². The topological polar surface area (TPSA) is 46.9 Å². The number of aromatic nitrogens is 2. The number of nitrogens with zero attached hydrogens (tertiary/aromatic N) is 2. The van der Waals surface area contributed by atoms with Gasteiger partial charge in [-0.25, -0.2) is 9.37 Å². The summed E-state index contributed by atoms with van der Waals surface area (Å²) in [6.07, 6.45) is 3.39. The fourth-order valence-corrected chi connectivity index (χ4v) is 3.45. The van der Waals surface area contributed by atoms with Gasteiger partial charge < -0.3 is 5.32 Å². The fraction of sp³-hybridized carbons (Fsp3) is 0.125. The van der Waals surface area contributed by atoms with Crippen LogP contribution in [0.15, 0.2) is 59.3 Å². The minimum atomic E-state index is -0.305. The number of thiophene rings is 1. The molecule has 1 amide bonds. The molecule has 0 unspecified atom stereocenters. The molecule has 0 saturated carbocycles. The second-order valence-corrected chi connectivity index (χ2v) is 6.68. The lowest BCUT2D eigenvalue weighted by molar-refractivity contribution is -0.118. The molecular formula is C16H14FN3OS2. The van der Waals surface area contributed by atoms with Crippen LogP contribution in [0.25, 0.3) is 5.69 Å². The number of rotatable bonds is 6. The second-order valence-electron chi connectivity index (χ2n) is 4.70. The van der Waals surface area contributed by atoms with E-state index in [1.54, 1.807) is 40.4 Å². The molecule has 0 atom stereocenters. The SMILES string of the molecule is O=C(CSc1nccn1-c1cccc(F)c1)NCc1cccs1. The summed E-state index contributed by atoms with van der Waals surface area (Å²) in [5.74, 6) is -0.101. The molecule has 0 bridgehead atoms. The summed E-state index contributed by atoms with van der Waals surface area (Å²) in [7, 11) is 0. The summed E-state index contributed by atoms with van der Waals surface area (Å²) in [5.41, 5.74) is 0.684. The van der Waals surface area contributed by atoms with Crippen molar-refractivity contribution >= 4 is 29.0 Å². The Hall–Kier alpha value is -2.12. The first-order valence-electron chi connectivity index (χ1n) is 6.93. The van der Waals surface area contributed by atoms with Crippen LogP contribution in [-0.4, -0.2) is 21.2 Å². The summed E-state index contributed by atoms with van der Waals surface area (Å²) in [6.45, 7) is 0.537. The van der Waals surface area contributed by atoms with Crippen LogP contribution in [0.4, 0.5) is 4.39 Å². The number of carbonyl (C=O) groups excluding carboxylic acids is 1. The van der Waals surface area contributed by atoms with Gasteiger partial charge in [-0.1, -0.05) is 23.9 Å². The van der Waals surface area contributed by atoms with E-state index >= 15 is 0 Å². The molecule has 0 spiro atoms. The van der Waals surface area contributed by atoms with Gasteiger partial charge in [0.1, 0.15) is 5.82 Å². The normalized spacial score (nSPS) is 10.7. The smallest absolute Gasteiger partial charge is 0.230 e. The van der Waals surface area contributed by atoms with E-state index in [2.05, 4.69) is 10.3 Å². The Balaban J connectivity index is 1.58. The lowest BCUT2D eigenvalue weighted by atomic mass is 10.3. The summed E-state index contributed by atoms with van der Waals surface area (Å²) in [4.78, 5) is 17.3. The first kappa shape index (κ1) is 15.8. The number of hydrogen-bond acceptors (Lipinski definition) is 4. The number of thioether (sulfide) groups is 1. The monoisotopic (exact) mass is 347 g/mol. The van der Waals surface area contributed by atoms with Crippen molar-refractivity contribution < 1.29 is 9.18 Å². The average Bonchev–Trinajstić information content (AvgIpc) is 3.22. The molecule has 23 heavy (non-hydrogen) atoms. The van der Waals surface area contributed by atoms with E-state index in [9.17, 15) is 9.18 Å². The van der Waals surface area contributed by atoms with E-state index in [-0.39, 0.29) is 17.5 Å². The Morgan fingerprint density at radius 1 is 1.35 bits per heavy atom. The largest absolute Gasteiger partial charge is 0.350 e. The van der Waals surface area contributed by atoms with Gasteiger partial charge in [-0.2, -0.15) is 0 Å². The third-order valence-corrected chi connectivity index (χ3v) is 4.91. The highest BCUT2D eigenvalue weighted by molar-refractivity contribution is 7.99. The van der Waals surface area contributed by atoms with Gasteiger partial charge in [-0.15, -0.1) is 11.3 Å². The van der Waals surface area contributed by atoms with Crippen molar-refractivity contribution in [1.82, 2.24) is 14.9 Å². The Bertz CT molecular complexity index is 786. The second kappa shape index (κ2) is 7.43. The molecule has 1 aromatic carbocycles. The van der Waals surface area contributed by atoms with E-state index in [1.807, 2.05) is 17.5 Å².